The van der Waals surface area contributed by atoms with Crippen molar-refractivity contribution in [3.8, 4) is 0 Å². The number of hydrogen-bond donors (Lipinski definition) is 2. The number of hydrogen-bond acceptors (Lipinski definition) is 2. The number of carbonyl (C=O) groups is 1. The van der Waals surface area contributed by atoms with Crippen LogP contribution in [0.1, 0.15) is 25.3 Å². The largest absolute Gasteiger partial charge is 0.330 e. The van der Waals surface area contributed by atoms with Crippen molar-refractivity contribution in [1.29, 1.82) is 0 Å². The van der Waals surface area contributed by atoms with Gasteiger partial charge in [0.05, 0.1) is 15.7 Å². The highest BCUT2D eigenvalue weighted by Crippen LogP contribution is 2.33. The molecule has 5 heteroatoms. The Morgan fingerprint density at radius 2 is 2.11 bits per heavy atom. The summed E-state index contributed by atoms with van der Waals surface area (Å²) in [4.78, 5) is 12.0. The molecule has 0 radical (unpaired) electrons. The molecule has 18 heavy (non-hydrogen) atoms. The number of amides is 1. The van der Waals surface area contributed by atoms with Gasteiger partial charge in [-0.25, -0.2) is 0 Å². The molecule has 0 aromatic heterocycles. The average Bonchev–Trinajstić information content (AvgIpc) is 2.36. The van der Waals surface area contributed by atoms with Crippen molar-refractivity contribution in [1.82, 2.24) is 0 Å². The number of benzene rings is 1. The van der Waals surface area contributed by atoms with Gasteiger partial charge in [-0.15, -0.1) is 0 Å². The summed E-state index contributed by atoms with van der Waals surface area (Å²) in [6.07, 6.45) is 1.58. The van der Waals surface area contributed by atoms with Gasteiger partial charge < -0.3 is 11.1 Å². The fraction of sp³-hybridized carbons (Fsp3) is 0.462. The number of nitrogens with one attached hydrogen (secondary N) is 1. The predicted molar refractivity (Wildman–Crippen MR) is 77.3 cm³/mol. The van der Waals surface area contributed by atoms with Gasteiger partial charge in [0.2, 0.25) is 5.91 Å². The van der Waals surface area contributed by atoms with E-state index in [1.807, 2.05) is 19.9 Å². The molecule has 1 amide bonds. The molecule has 3 N–H and O–H groups in total. The molecule has 0 saturated heterocycles. The van der Waals surface area contributed by atoms with Crippen LogP contribution in [0.25, 0.3) is 0 Å². The van der Waals surface area contributed by atoms with Crippen LogP contribution < -0.4 is 11.1 Å². The van der Waals surface area contributed by atoms with Crippen LogP contribution in [0.5, 0.6) is 0 Å². The second-order valence-electron chi connectivity index (χ2n) is 4.37. The molecule has 1 atom stereocenters. The van der Waals surface area contributed by atoms with Gasteiger partial charge >= 0.3 is 0 Å². The lowest BCUT2D eigenvalue weighted by Crippen LogP contribution is -2.21. The van der Waals surface area contributed by atoms with E-state index in [4.69, 9.17) is 28.9 Å². The highest BCUT2D eigenvalue weighted by Gasteiger charge is 2.16. The molecule has 100 valence electrons. The Morgan fingerprint density at radius 3 is 2.72 bits per heavy atom. The SMILES string of the molecule is Cc1ccc(Cl)c(NC(=O)C(C)CCCN)c1Cl. The maximum Gasteiger partial charge on any atom is 0.227 e. The fourth-order valence-electron chi connectivity index (χ4n) is 1.57. The molecule has 0 aliphatic rings. The Kier molecular flexibility index (Phi) is 5.93. The van der Waals surface area contributed by atoms with Crippen molar-refractivity contribution in [3.63, 3.8) is 0 Å². The highest BCUT2D eigenvalue weighted by molar-refractivity contribution is 6.40. The first-order chi connectivity index (χ1) is 8.47. The molecule has 0 saturated carbocycles. The third-order valence-corrected chi connectivity index (χ3v) is 3.62. The summed E-state index contributed by atoms with van der Waals surface area (Å²) in [6.45, 7) is 4.32. The summed E-state index contributed by atoms with van der Waals surface area (Å²) in [5.74, 6) is -0.195. The molecular weight excluding hydrogens is 271 g/mol. The van der Waals surface area contributed by atoms with Crippen LogP contribution in [-0.4, -0.2) is 12.5 Å². The van der Waals surface area contributed by atoms with Crippen molar-refractivity contribution in [3.05, 3.63) is 27.7 Å². The number of halogens is 2. The summed E-state index contributed by atoms with van der Waals surface area (Å²) in [5.41, 5.74) is 6.79. The van der Waals surface area contributed by atoms with Crippen LogP contribution in [0.3, 0.4) is 0 Å². The van der Waals surface area contributed by atoms with Gasteiger partial charge in [0.25, 0.3) is 0 Å². The van der Waals surface area contributed by atoms with Crippen LogP contribution in [-0.2, 0) is 4.79 Å². The normalized spacial score (nSPS) is 12.3. The van der Waals surface area contributed by atoms with Crippen LogP contribution >= 0.6 is 23.2 Å². The first-order valence-corrected chi connectivity index (χ1v) is 6.68. The maximum absolute atomic E-state index is 12.0. The number of aryl methyl sites for hydroxylation is 1. The number of rotatable bonds is 5. The zero-order valence-corrected chi connectivity index (χ0v) is 12.1. The molecule has 3 nitrogen and oxygen atoms in total. The smallest absolute Gasteiger partial charge is 0.227 e. The quantitative estimate of drug-likeness (QED) is 0.870. The molecule has 1 aromatic rings. The van der Waals surface area contributed by atoms with E-state index in [0.29, 0.717) is 22.3 Å². The monoisotopic (exact) mass is 288 g/mol. The molecule has 0 aliphatic heterocycles. The lowest BCUT2D eigenvalue weighted by molar-refractivity contribution is -0.119. The molecule has 0 spiro atoms. The van der Waals surface area contributed by atoms with E-state index in [1.165, 1.54) is 0 Å². The van der Waals surface area contributed by atoms with E-state index in [9.17, 15) is 4.79 Å². The maximum atomic E-state index is 12.0. The van der Waals surface area contributed by atoms with E-state index >= 15 is 0 Å². The van der Waals surface area contributed by atoms with Gasteiger partial charge in [-0.2, -0.15) is 0 Å². The molecule has 1 rings (SSSR count). The van der Waals surface area contributed by atoms with E-state index in [1.54, 1.807) is 6.07 Å². The van der Waals surface area contributed by atoms with Crippen molar-refractivity contribution >= 4 is 34.8 Å². The van der Waals surface area contributed by atoms with Gasteiger partial charge in [0.1, 0.15) is 0 Å². The van der Waals surface area contributed by atoms with E-state index in [0.717, 1.165) is 18.4 Å². The summed E-state index contributed by atoms with van der Waals surface area (Å²) in [7, 11) is 0. The van der Waals surface area contributed by atoms with Gasteiger partial charge in [-0.3, -0.25) is 4.79 Å². The zero-order chi connectivity index (χ0) is 13.7. The van der Waals surface area contributed by atoms with Gasteiger partial charge in [0, 0.05) is 5.92 Å². The molecule has 0 fully saturated rings. The Hall–Kier alpha value is -0.770. The third kappa shape index (κ3) is 3.87. The lowest BCUT2D eigenvalue weighted by atomic mass is 10.0. The highest BCUT2D eigenvalue weighted by atomic mass is 35.5. The summed E-state index contributed by atoms with van der Waals surface area (Å²) >= 11 is 12.2. The second kappa shape index (κ2) is 6.98. The summed E-state index contributed by atoms with van der Waals surface area (Å²) in [6, 6.07) is 3.54. The van der Waals surface area contributed by atoms with Crippen LogP contribution in [0.4, 0.5) is 5.69 Å². The van der Waals surface area contributed by atoms with E-state index in [-0.39, 0.29) is 11.8 Å². The van der Waals surface area contributed by atoms with Crippen molar-refractivity contribution in [2.45, 2.75) is 26.7 Å². The molecule has 1 aromatic carbocycles. The van der Waals surface area contributed by atoms with Crippen molar-refractivity contribution in [2.24, 2.45) is 11.7 Å². The summed E-state index contributed by atoms with van der Waals surface area (Å²) < 4.78 is 0. The van der Waals surface area contributed by atoms with E-state index < -0.39 is 0 Å². The summed E-state index contributed by atoms with van der Waals surface area (Å²) in [5, 5.41) is 3.72. The first-order valence-electron chi connectivity index (χ1n) is 5.93. The predicted octanol–water partition coefficient (Wildman–Crippen LogP) is 3.62. The van der Waals surface area contributed by atoms with Crippen molar-refractivity contribution < 1.29 is 4.79 Å². The average molecular weight is 289 g/mol. The number of anilines is 1. The minimum absolute atomic E-state index is 0.0853. The number of nitrogens with two attached hydrogens (primary N) is 1. The van der Waals surface area contributed by atoms with Crippen molar-refractivity contribution in [2.75, 3.05) is 11.9 Å². The molecule has 0 aliphatic carbocycles. The molecule has 1 unspecified atom stereocenters. The Bertz CT molecular complexity index is 435. The van der Waals surface area contributed by atoms with Crippen LogP contribution in [0.15, 0.2) is 12.1 Å². The number of carbonyl (C=O) groups excluding carboxylic acids is 1. The van der Waals surface area contributed by atoms with Crippen LogP contribution in [0.2, 0.25) is 10.0 Å². The molecular formula is C13H18Cl2N2O. The molecule has 0 heterocycles. The Balaban J connectivity index is 2.79. The Labute approximate surface area is 118 Å². The lowest BCUT2D eigenvalue weighted by Gasteiger charge is -2.14. The minimum atomic E-state index is -0.110. The minimum Gasteiger partial charge on any atom is -0.330 e. The Morgan fingerprint density at radius 1 is 1.44 bits per heavy atom. The fourth-order valence-corrected chi connectivity index (χ4v) is 2.04. The second-order valence-corrected chi connectivity index (χ2v) is 5.16. The van der Waals surface area contributed by atoms with Crippen LogP contribution in [0, 0.1) is 12.8 Å². The topological polar surface area (TPSA) is 55.1 Å². The van der Waals surface area contributed by atoms with Gasteiger partial charge in [-0.05, 0) is 37.9 Å². The van der Waals surface area contributed by atoms with Gasteiger partial charge in [-0.1, -0.05) is 36.2 Å². The first kappa shape index (κ1) is 15.3. The zero-order valence-electron chi connectivity index (χ0n) is 10.6. The van der Waals surface area contributed by atoms with E-state index in [2.05, 4.69) is 5.32 Å². The standard InChI is InChI=1S/C13H18Cl2N2O/c1-8-5-6-10(14)12(11(8)15)17-13(18)9(2)4-3-7-16/h5-6,9H,3-4,7,16H2,1-2H3,(H,17,18). The third-order valence-electron chi connectivity index (χ3n) is 2.82. The van der Waals surface area contributed by atoms with Gasteiger partial charge in [0.15, 0.2) is 0 Å². The molecule has 0 bridgehead atoms.